The third-order valence-electron chi connectivity index (χ3n) is 1.57. The van der Waals surface area contributed by atoms with Crippen LogP contribution < -0.4 is 0 Å². The third-order valence-corrected chi connectivity index (χ3v) is 2.33. The Bertz CT molecular complexity index is 398. The number of alkyl halides is 2. The molecule has 0 spiro atoms. The summed E-state index contributed by atoms with van der Waals surface area (Å²) in [5.74, 6) is -1.18. The Morgan fingerprint density at radius 3 is 2.60 bits per heavy atom. The van der Waals surface area contributed by atoms with Crippen LogP contribution in [0.4, 0.5) is 8.78 Å². The summed E-state index contributed by atoms with van der Waals surface area (Å²) in [6.45, 7) is 0. The van der Waals surface area contributed by atoms with E-state index in [1.807, 2.05) is 0 Å². The number of carboxylic acid groups (broad SMARTS) is 1. The zero-order valence-electron chi connectivity index (χ0n) is 7.18. The van der Waals surface area contributed by atoms with Crippen LogP contribution in [0.25, 0.3) is 0 Å². The molecule has 0 amide bonds. The van der Waals surface area contributed by atoms with E-state index in [9.17, 15) is 13.6 Å². The number of aromatic nitrogens is 1. The maximum absolute atomic E-state index is 12.4. The lowest BCUT2D eigenvalue weighted by molar-refractivity contribution is -0.136. The van der Waals surface area contributed by atoms with Crippen LogP contribution in [0.5, 0.6) is 0 Å². The summed E-state index contributed by atoms with van der Waals surface area (Å²) in [6.07, 6.45) is -3.29. The van der Waals surface area contributed by atoms with E-state index in [0.29, 0.717) is 0 Å². The molecule has 0 saturated heterocycles. The molecule has 0 saturated carbocycles. The predicted octanol–water partition coefficient (Wildman–Crippen LogP) is 2.95. The monoisotopic (exact) mass is 255 g/mol. The van der Waals surface area contributed by atoms with Gasteiger partial charge >= 0.3 is 5.97 Å². The molecule has 0 radical (unpaired) electrons. The highest BCUT2D eigenvalue weighted by Gasteiger charge is 2.17. The van der Waals surface area contributed by atoms with Gasteiger partial charge in [0.05, 0.1) is 17.1 Å². The van der Waals surface area contributed by atoms with E-state index in [1.165, 1.54) is 0 Å². The molecule has 0 aliphatic carbocycles. The van der Waals surface area contributed by atoms with Crippen molar-refractivity contribution in [2.45, 2.75) is 12.8 Å². The average Bonchev–Trinajstić information content (AvgIpc) is 2.09. The number of hydrogen-bond acceptors (Lipinski definition) is 2. The Morgan fingerprint density at radius 2 is 2.13 bits per heavy atom. The van der Waals surface area contributed by atoms with E-state index < -0.39 is 24.4 Å². The first-order chi connectivity index (χ1) is 6.91. The Morgan fingerprint density at radius 1 is 1.53 bits per heavy atom. The first-order valence-electron chi connectivity index (χ1n) is 3.76. The highest BCUT2D eigenvalue weighted by molar-refractivity contribution is 6.41. The number of nitrogens with zero attached hydrogens (tertiary/aromatic N) is 1. The molecule has 0 bridgehead atoms. The largest absolute Gasteiger partial charge is 0.481 e. The van der Waals surface area contributed by atoms with Gasteiger partial charge in [0.15, 0.2) is 0 Å². The molecule has 0 aromatic carbocycles. The Balaban J connectivity index is 3.17. The lowest BCUT2D eigenvalue weighted by atomic mass is 10.2. The molecule has 0 aliphatic rings. The first-order valence-corrected chi connectivity index (χ1v) is 4.52. The maximum Gasteiger partial charge on any atom is 0.309 e. The molecule has 0 aliphatic heterocycles. The molecule has 0 fully saturated rings. The average molecular weight is 256 g/mol. The molecule has 1 N–H and O–H groups in total. The van der Waals surface area contributed by atoms with Crippen molar-refractivity contribution >= 4 is 29.2 Å². The van der Waals surface area contributed by atoms with Crippen LogP contribution in [0.1, 0.15) is 17.7 Å². The van der Waals surface area contributed by atoms with Crippen LogP contribution in [-0.2, 0) is 11.2 Å². The van der Waals surface area contributed by atoms with Crippen molar-refractivity contribution in [3.05, 3.63) is 27.5 Å². The molecule has 1 aromatic heterocycles. The molecule has 1 aromatic rings. The van der Waals surface area contributed by atoms with Crippen LogP contribution in [0, 0.1) is 0 Å². The third kappa shape index (κ3) is 3.00. The van der Waals surface area contributed by atoms with E-state index in [0.717, 1.165) is 6.07 Å². The van der Waals surface area contributed by atoms with Crippen molar-refractivity contribution in [1.82, 2.24) is 4.98 Å². The molecule has 0 unspecified atom stereocenters. The standard InChI is InChI=1S/C8H5Cl2F2NO2/c9-6-4(8(11)12)1-3(2-5(14)15)13-7(6)10/h1,8H,2H2,(H,14,15). The Labute approximate surface area is 93.6 Å². The van der Waals surface area contributed by atoms with Crippen molar-refractivity contribution in [3.63, 3.8) is 0 Å². The second kappa shape index (κ2) is 4.72. The summed E-state index contributed by atoms with van der Waals surface area (Å²) in [6, 6.07) is 0.938. The summed E-state index contributed by atoms with van der Waals surface area (Å²) >= 11 is 11.0. The fourth-order valence-electron chi connectivity index (χ4n) is 0.974. The van der Waals surface area contributed by atoms with Crippen molar-refractivity contribution in [1.29, 1.82) is 0 Å². The van der Waals surface area contributed by atoms with E-state index >= 15 is 0 Å². The van der Waals surface area contributed by atoms with Crippen LogP contribution in [0.3, 0.4) is 0 Å². The van der Waals surface area contributed by atoms with Gasteiger partial charge in [-0.15, -0.1) is 0 Å². The lowest BCUT2D eigenvalue weighted by Crippen LogP contribution is -2.04. The van der Waals surface area contributed by atoms with Crippen molar-refractivity contribution < 1.29 is 18.7 Å². The predicted molar refractivity (Wildman–Crippen MR) is 50.6 cm³/mol. The molecule has 82 valence electrons. The molecule has 15 heavy (non-hydrogen) atoms. The van der Waals surface area contributed by atoms with Crippen LogP contribution in [0.2, 0.25) is 10.2 Å². The van der Waals surface area contributed by atoms with Crippen molar-refractivity contribution in [2.75, 3.05) is 0 Å². The minimum absolute atomic E-state index is 0.0489. The van der Waals surface area contributed by atoms with Gasteiger partial charge in [0, 0.05) is 5.56 Å². The van der Waals surface area contributed by atoms with E-state index in [-0.39, 0.29) is 15.9 Å². The van der Waals surface area contributed by atoms with Gasteiger partial charge in [0.1, 0.15) is 5.15 Å². The zero-order valence-corrected chi connectivity index (χ0v) is 8.69. The van der Waals surface area contributed by atoms with Gasteiger partial charge in [0.2, 0.25) is 0 Å². The highest BCUT2D eigenvalue weighted by atomic mass is 35.5. The van der Waals surface area contributed by atoms with Gasteiger partial charge in [-0.3, -0.25) is 4.79 Å². The number of aliphatic carboxylic acids is 1. The second-order valence-electron chi connectivity index (χ2n) is 2.68. The van der Waals surface area contributed by atoms with Gasteiger partial charge in [-0.1, -0.05) is 23.2 Å². The lowest BCUT2D eigenvalue weighted by Gasteiger charge is -2.06. The normalized spacial score (nSPS) is 10.7. The fraction of sp³-hybridized carbons (Fsp3) is 0.250. The molecule has 1 rings (SSSR count). The smallest absolute Gasteiger partial charge is 0.309 e. The molecule has 1 heterocycles. The summed E-state index contributed by atoms with van der Waals surface area (Å²) in [4.78, 5) is 13.9. The Kier molecular flexibility index (Phi) is 3.82. The topological polar surface area (TPSA) is 50.2 Å². The zero-order chi connectivity index (χ0) is 11.6. The molecule has 3 nitrogen and oxygen atoms in total. The van der Waals surface area contributed by atoms with E-state index in [1.54, 1.807) is 0 Å². The molecular weight excluding hydrogens is 251 g/mol. The van der Waals surface area contributed by atoms with Crippen LogP contribution >= 0.6 is 23.2 Å². The number of pyridine rings is 1. The first kappa shape index (κ1) is 12.1. The van der Waals surface area contributed by atoms with Gasteiger partial charge in [-0.25, -0.2) is 13.8 Å². The van der Waals surface area contributed by atoms with Crippen molar-refractivity contribution in [2.24, 2.45) is 0 Å². The summed E-state index contributed by atoms with van der Waals surface area (Å²) in [7, 11) is 0. The van der Waals surface area contributed by atoms with Crippen molar-refractivity contribution in [3.8, 4) is 0 Å². The minimum atomic E-state index is -2.81. The fourth-order valence-corrected chi connectivity index (χ4v) is 1.37. The summed E-state index contributed by atoms with van der Waals surface area (Å²) in [5, 5.41) is 7.79. The van der Waals surface area contributed by atoms with E-state index in [2.05, 4.69) is 4.98 Å². The number of hydrogen-bond donors (Lipinski definition) is 1. The highest BCUT2D eigenvalue weighted by Crippen LogP contribution is 2.32. The van der Waals surface area contributed by atoms with Gasteiger partial charge < -0.3 is 5.11 Å². The number of carbonyl (C=O) groups is 1. The second-order valence-corrected chi connectivity index (χ2v) is 3.41. The van der Waals surface area contributed by atoms with Gasteiger partial charge in [-0.05, 0) is 6.07 Å². The quantitative estimate of drug-likeness (QED) is 0.846. The summed E-state index contributed by atoms with van der Waals surface area (Å²) in [5.41, 5.74) is -0.555. The molecule has 7 heteroatoms. The van der Waals surface area contributed by atoms with E-state index in [4.69, 9.17) is 28.3 Å². The molecular formula is C8H5Cl2F2NO2. The number of halogens is 4. The maximum atomic E-state index is 12.4. The number of rotatable bonds is 3. The SMILES string of the molecule is O=C(O)Cc1cc(C(F)F)c(Cl)c(Cl)n1. The van der Waals surface area contributed by atoms with Gasteiger partial charge in [0.25, 0.3) is 6.43 Å². The summed E-state index contributed by atoms with van der Waals surface area (Å²) < 4.78 is 24.8. The minimum Gasteiger partial charge on any atom is -0.481 e. The van der Waals surface area contributed by atoms with Gasteiger partial charge in [-0.2, -0.15) is 0 Å². The number of carboxylic acids is 1. The van der Waals surface area contributed by atoms with Crippen LogP contribution in [0.15, 0.2) is 6.07 Å². The molecule has 0 atom stereocenters. The van der Waals surface area contributed by atoms with Crippen LogP contribution in [-0.4, -0.2) is 16.1 Å². The Hall–Kier alpha value is -0.940.